The van der Waals surface area contributed by atoms with E-state index in [1.54, 1.807) is 0 Å². The number of hydrogen-bond donors (Lipinski definition) is 2. The van der Waals surface area contributed by atoms with E-state index in [0.717, 1.165) is 32.4 Å². The number of likely N-dealkylation sites (tertiary alicyclic amines) is 1. The minimum absolute atomic E-state index is 0.177. The third-order valence-corrected chi connectivity index (χ3v) is 5.20. The van der Waals surface area contributed by atoms with Crippen molar-refractivity contribution >= 4 is 5.91 Å². The van der Waals surface area contributed by atoms with E-state index >= 15 is 0 Å². The first-order chi connectivity index (χ1) is 9.84. The van der Waals surface area contributed by atoms with Crippen molar-refractivity contribution in [3.05, 3.63) is 0 Å². The van der Waals surface area contributed by atoms with Gasteiger partial charge < -0.3 is 16.0 Å². The van der Waals surface area contributed by atoms with Gasteiger partial charge in [0.1, 0.15) is 0 Å². The SMILES string of the molecule is CC(C)NC1(C(N)=O)CCCC(N2CCC(N(C)C)C2)C1. The topological polar surface area (TPSA) is 61.6 Å². The van der Waals surface area contributed by atoms with Gasteiger partial charge in [-0.2, -0.15) is 0 Å². The van der Waals surface area contributed by atoms with Crippen LogP contribution in [-0.2, 0) is 4.79 Å². The van der Waals surface area contributed by atoms with Crippen LogP contribution in [0.5, 0.6) is 0 Å². The molecule has 0 aromatic rings. The van der Waals surface area contributed by atoms with Crippen LogP contribution in [0.1, 0.15) is 46.0 Å². The van der Waals surface area contributed by atoms with Gasteiger partial charge in [-0.05, 0) is 60.0 Å². The third-order valence-electron chi connectivity index (χ3n) is 5.20. The van der Waals surface area contributed by atoms with Gasteiger partial charge in [-0.3, -0.25) is 9.69 Å². The van der Waals surface area contributed by atoms with E-state index in [4.69, 9.17) is 5.73 Å². The fraction of sp³-hybridized carbons (Fsp3) is 0.938. The highest BCUT2D eigenvalue weighted by atomic mass is 16.1. The van der Waals surface area contributed by atoms with Crippen LogP contribution in [0.2, 0.25) is 0 Å². The predicted octanol–water partition coefficient (Wildman–Crippen LogP) is 0.787. The van der Waals surface area contributed by atoms with Gasteiger partial charge >= 0.3 is 0 Å². The monoisotopic (exact) mass is 296 g/mol. The molecule has 1 aliphatic carbocycles. The highest BCUT2D eigenvalue weighted by molar-refractivity contribution is 5.85. The molecule has 0 aromatic carbocycles. The van der Waals surface area contributed by atoms with Crippen molar-refractivity contribution in [2.45, 2.75) is 69.6 Å². The summed E-state index contributed by atoms with van der Waals surface area (Å²) in [5.41, 5.74) is 5.25. The summed E-state index contributed by atoms with van der Waals surface area (Å²) < 4.78 is 0. The Kier molecular flexibility index (Phi) is 5.28. The molecule has 3 N–H and O–H groups in total. The number of nitrogens with zero attached hydrogens (tertiary/aromatic N) is 2. The van der Waals surface area contributed by atoms with E-state index in [0.29, 0.717) is 12.1 Å². The molecule has 5 nitrogen and oxygen atoms in total. The normalized spacial score (nSPS) is 34.8. The number of rotatable bonds is 5. The summed E-state index contributed by atoms with van der Waals surface area (Å²) in [4.78, 5) is 17.0. The van der Waals surface area contributed by atoms with Crippen LogP contribution < -0.4 is 11.1 Å². The Hall–Kier alpha value is -0.650. The molecule has 2 aliphatic rings. The summed E-state index contributed by atoms with van der Waals surface area (Å²) in [7, 11) is 4.31. The van der Waals surface area contributed by atoms with Gasteiger partial charge in [0.2, 0.25) is 5.91 Å². The number of primary amides is 1. The summed E-state index contributed by atoms with van der Waals surface area (Å²) >= 11 is 0. The van der Waals surface area contributed by atoms with E-state index < -0.39 is 5.54 Å². The Bertz CT molecular complexity index is 371. The third kappa shape index (κ3) is 3.76. The molecular formula is C16H32N4O. The zero-order valence-electron chi connectivity index (χ0n) is 14.1. The van der Waals surface area contributed by atoms with Gasteiger partial charge in [-0.1, -0.05) is 0 Å². The van der Waals surface area contributed by atoms with Gasteiger partial charge in [0.15, 0.2) is 0 Å². The second kappa shape index (κ2) is 6.63. The van der Waals surface area contributed by atoms with Crippen LogP contribution in [-0.4, -0.2) is 66.6 Å². The zero-order valence-corrected chi connectivity index (χ0v) is 14.1. The molecule has 3 atom stereocenters. The molecule has 1 saturated carbocycles. The van der Waals surface area contributed by atoms with Gasteiger partial charge in [0.05, 0.1) is 5.54 Å². The second-order valence-corrected chi connectivity index (χ2v) is 7.40. The van der Waals surface area contributed by atoms with Gasteiger partial charge in [0.25, 0.3) is 0 Å². The molecular weight excluding hydrogens is 264 g/mol. The summed E-state index contributed by atoms with van der Waals surface area (Å²) in [5, 5.41) is 3.47. The molecule has 3 unspecified atom stereocenters. The average molecular weight is 296 g/mol. The fourth-order valence-electron chi connectivity index (χ4n) is 4.06. The first-order valence-corrected chi connectivity index (χ1v) is 8.32. The van der Waals surface area contributed by atoms with E-state index in [9.17, 15) is 4.79 Å². The standard InChI is InChI=1S/C16H32N4O/c1-12(2)18-16(15(17)21)8-5-6-13(10-16)20-9-7-14(11-20)19(3)4/h12-14,18H,5-11H2,1-4H3,(H2,17,21). The first-order valence-electron chi connectivity index (χ1n) is 8.32. The van der Waals surface area contributed by atoms with Crippen LogP contribution >= 0.6 is 0 Å². The Labute approximate surface area is 129 Å². The molecule has 1 amide bonds. The number of nitrogens with one attached hydrogen (secondary N) is 1. The van der Waals surface area contributed by atoms with Crippen molar-refractivity contribution in [1.29, 1.82) is 0 Å². The molecule has 21 heavy (non-hydrogen) atoms. The van der Waals surface area contributed by atoms with Gasteiger partial charge in [-0.15, -0.1) is 0 Å². The number of carbonyl (C=O) groups is 1. The second-order valence-electron chi connectivity index (χ2n) is 7.40. The molecule has 122 valence electrons. The van der Waals surface area contributed by atoms with Crippen molar-refractivity contribution < 1.29 is 4.79 Å². The number of carbonyl (C=O) groups excluding carboxylic acids is 1. The minimum atomic E-state index is -0.507. The number of likely N-dealkylation sites (N-methyl/N-ethyl adjacent to an activating group) is 1. The van der Waals surface area contributed by atoms with E-state index in [1.165, 1.54) is 12.8 Å². The van der Waals surface area contributed by atoms with Crippen molar-refractivity contribution in [2.24, 2.45) is 5.73 Å². The van der Waals surface area contributed by atoms with E-state index in [2.05, 4.69) is 43.1 Å². The molecule has 1 heterocycles. The minimum Gasteiger partial charge on any atom is -0.368 e. The van der Waals surface area contributed by atoms with E-state index in [-0.39, 0.29) is 11.9 Å². The lowest BCUT2D eigenvalue weighted by Gasteiger charge is -2.43. The van der Waals surface area contributed by atoms with E-state index in [1.807, 2.05) is 0 Å². The summed E-state index contributed by atoms with van der Waals surface area (Å²) in [6.07, 6.45) is 5.23. The Morgan fingerprint density at radius 2 is 2.10 bits per heavy atom. The van der Waals surface area contributed by atoms with Crippen molar-refractivity contribution in [2.75, 3.05) is 27.2 Å². The summed E-state index contributed by atoms with van der Waals surface area (Å²) in [6.45, 7) is 6.44. The van der Waals surface area contributed by atoms with Crippen molar-refractivity contribution in [3.63, 3.8) is 0 Å². The quantitative estimate of drug-likeness (QED) is 0.787. The molecule has 1 aliphatic heterocycles. The molecule has 0 bridgehead atoms. The molecule has 5 heteroatoms. The van der Waals surface area contributed by atoms with Crippen molar-refractivity contribution in [3.8, 4) is 0 Å². The summed E-state index contributed by atoms with van der Waals surface area (Å²) in [5.74, 6) is -0.177. The average Bonchev–Trinajstić information content (AvgIpc) is 2.87. The van der Waals surface area contributed by atoms with Crippen LogP contribution in [0.3, 0.4) is 0 Å². The Balaban J connectivity index is 2.04. The van der Waals surface area contributed by atoms with Crippen LogP contribution in [0, 0.1) is 0 Å². The maximum atomic E-state index is 12.1. The van der Waals surface area contributed by atoms with Gasteiger partial charge in [0, 0.05) is 31.2 Å². The molecule has 2 rings (SSSR count). The number of nitrogens with two attached hydrogens (primary N) is 1. The lowest BCUT2D eigenvalue weighted by Crippen LogP contribution is -2.62. The largest absolute Gasteiger partial charge is 0.368 e. The molecule has 0 aromatic heterocycles. The zero-order chi connectivity index (χ0) is 15.6. The number of hydrogen-bond acceptors (Lipinski definition) is 4. The first kappa shape index (κ1) is 16.7. The molecule has 2 fully saturated rings. The van der Waals surface area contributed by atoms with Gasteiger partial charge in [-0.25, -0.2) is 0 Å². The highest BCUT2D eigenvalue weighted by Crippen LogP contribution is 2.33. The smallest absolute Gasteiger partial charge is 0.237 e. The maximum Gasteiger partial charge on any atom is 0.237 e. The maximum absolute atomic E-state index is 12.1. The Morgan fingerprint density at radius 1 is 1.38 bits per heavy atom. The fourth-order valence-corrected chi connectivity index (χ4v) is 4.06. The lowest BCUT2D eigenvalue weighted by molar-refractivity contribution is -0.127. The number of amides is 1. The predicted molar refractivity (Wildman–Crippen MR) is 86.1 cm³/mol. The van der Waals surface area contributed by atoms with Crippen LogP contribution in [0.4, 0.5) is 0 Å². The Morgan fingerprint density at radius 3 is 2.62 bits per heavy atom. The summed E-state index contributed by atoms with van der Waals surface area (Å²) in [6, 6.07) is 1.42. The van der Waals surface area contributed by atoms with Crippen LogP contribution in [0.25, 0.3) is 0 Å². The molecule has 0 spiro atoms. The molecule has 0 radical (unpaired) electrons. The van der Waals surface area contributed by atoms with Crippen LogP contribution in [0.15, 0.2) is 0 Å². The molecule has 1 saturated heterocycles. The van der Waals surface area contributed by atoms with Crippen molar-refractivity contribution in [1.82, 2.24) is 15.1 Å². The lowest BCUT2D eigenvalue weighted by atomic mass is 9.77. The highest BCUT2D eigenvalue weighted by Gasteiger charge is 2.44.